The molecule has 0 fully saturated rings. The second-order valence-electron chi connectivity index (χ2n) is 6.57. The summed E-state index contributed by atoms with van der Waals surface area (Å²) in [6.07, 6.45) is 1.79. The van der Waals surface area contributed by atoms with Gasteiger partial charge in [-0.2, -0.15) is 5.10 Å². The van der Waals surface area contributed by atoms with E-state index in [0.29, 0.717) is 18.7 Å². The molecule has 24 heavy (non-hydrogen) atoms. The van der Waals surface area contributed by atoms with Crippen molar-refractivity contribution in [3.63, 3.8) is 0 Å². The van der Waals surface area contributed by atoms with Crippen LogP contribution in [-0.4, -0.2) is 58.8 Å². The maximum atomic E-state index is 13.2. The summed E-state index contributed by atoms with van der Waals surface area (Å²) in [6.45, 7) is 3.65. The number of likely N-dealkylation sites (N-methyl/N-ethyl adjacent to an activating group) is 1. The molecular formula is C18H24N4O2. The third kappa shape index (κ3) is 3.28. The molecule has 0 unspecified atom stereocenters. The molecule has 0 radical (unpaired) electrons. The van der Waals surface area contributed by atoms with Gasteiger partial charge >= 0.3 is 0 Å². The number of nitrogens with zero attached hydrogens (tertiary/aromatic N) is 4. The Morgan fingerprint density at radius 1 is 1.38 bits per heavy atom. The smallest absolute Gasteiger partial charge is 0.258 e. The Balaban J connectivity index is 1.96. The summed E-state index contributed by atoms with van der Waals surface area (Å²) in [4.78, 5) is 17.2. The minimum absolute atomic E-state index is 0.00718. The number of aryl methyl sites for hydroxylation is 2. The van der Waals surface area contributed by atoms with Crippen molar-refractivity contribution >= 4 is 5.91 Å². The van der Waals surface area contributed by atoms with E-state index in [1.807, 2.05) is 57.2 Å². The number of amides is 1. The van der Waals surface area contributed by atoms with Gasteiger partial charge in [-0.25, -0.2) is 0 Å². The molecule has 0 aliphatic carbocycles. The van der Waals surface area contributed by atoms with Crippen LogP contribution in [0.4, 0.5) is 0 Å². The Bertz CT molecular complexity index is 738. The molecule has 3 rings (SSSR count). The first-order valence-corrected chi connectivity index (χ1v) is 8.12. The van der Waals surface area contributed by atoms with Crippen molar-refractivity contribution in [2.75, 3.05) is 27.2 Å². The van der Waals surface area contributed by atoms with Crippen LogP contribution in [0.3, 0.4) is 0 Å². The normalized spacial score (nSPS) is 17.4. The van der Waals surface area contributed by atoms with E-state index in [0.717, 1.165) is 23.6 Å². The summed E-state index contributed by atoms with van der Waals surface area (Å²) in [5, 5.41) is 4.31. The highest BCUT2D eigenvalue weighted by molar-refractivity contribution is 5.95. The molecule has 2 aromatic rings. The Morgan fingerprint density at radius 3 is 2.79 bits per heavy atom. The third-order valence-corrected chi connectivity index (χ3v) is 4.27. The van der Waals surface area contributed by atoms with Crippen LogP contribution in [0, 0.1) is 6.92 Å². The fourth-order valence-electron chi connectivity index (χ4n) is 3.14. The van der Waals surface area contributed by atoms with Gasteiger partial charge in [0.15, 0.2) is 0 Å². The average Bonchev–Trinajstić information content (AvgIpc) is 2.77. The van der Waals surface area contributed by atoms with Crippen LogP contribution >= 0.6 is 0 Å². The summed E-state index contributed by atoms with van der Waals surface area (Å²) in [6, 6.07) is 7.91. The summed E-state index contributed by atoms with van der Waals surface area (Å²) in [5.41, 5.74) is 2.44. The number of carbonyl (C=O) groups is 1. The monoisotopic (exact) mass is 328 g/mol. The molecule has 0 bridgehead atoms. The summed E-state index contributed by atoms with van der Waals surface area (Å²) in [5.74, 6) is 0.868. The number of aromatic nitrogens is 2. The van der Waals surface area contributed by atoms with Gasteiger partial charge in [0.25, 0.3) is 5.91 Å². The van der Waals surface area contributed by atoms with Crippen LogP contribution in [0.25, 0.3) is 0 Å². The fourth-order valence-corrected chi connectivity index (χ4v) is 3.14. The Kier molecular flexibility index (Phi) is 4.57. The minimum atomic E-state index is -0.0143. The number of fused-ring (bicyclic) bond motifs is 1. The lowest BCUT2D eigenvalue weighted by Gasteiger charge is -2.31. The summed E-state index contributed by atoms with van der Waals surface area (Å²) < 4.78 is 7.66. The molecule has 0 saturated heterocycles. The topological polar surface area (TPSA) is 50.6 Å². The molecule has 1 aromatic carbocycles. The lowest BCUT2D eigenvalue weighted by atomic mass is 10.1. The molecule has 1 aliphatic heterocycles. The van der Waals surface area contributed by atoms with Crippen LogP contribution in [-0.2, 0) is 13.6 Å². The van der Waals surface area contributed by atoms with Crippen molar-refractivity contribution in [3.8, 4) is 5.75 Å². The zero-order chi connectivity index (χ0) is 17.3. The van der Waals surface area contributed by atoms with E-state index < -0.39 is 0 Å². The number of rotatable bonds is 3. The molecule has 6 heteroatoms. The lowest BCUT2D eigenvalue weighted by Crippen LogP contribution is -2.47. The molecule has 1 aromatic heterocycles. The first kappa shape index (κ1) is 16.5. The molecule has 0 saturated carbocycles. The Labute approximate surface area is 142 Å². The molecule has 128 valence electrons. The standard InChI is InChI=1S/C18H24N4O2/c1-13-16(11-21(4)19-13)18(23)22-9-14-7-5-6-8-17(14)24-12-15(22)10-20(2)3/h5-8,11,15H,9-10,12H2,1-4H3/t15-/m0/s1. The largest absolute Gasteiger partial charge is 0.491 e. The van der Waals surface area contributed by atoms with E-state index in [2.05, 4.69) is 10.00 Å². The fraction of sp³-hybridized carbons (Fsp3) is 0.444. The van der Waals surface area contributed by atoms with Gasteiger partial charge in [-0.05, 0) is 27.1 Å². The van der Waals surface area contributed by atoms with Crippen molar-refractivity contribution in [2.45, 2.75) is 19.5 Å². The first-order chi connectivity index (χ1) is 11.5. The van der Waals surface area contributed by atoms with E-state index in [-0.39, 0.29) is 11.9 Å². The highest BCUT2D eigenvalue weighted by atomic mass is 16.5. The van der Waals surface area contributed by atoms with Gasteiger partial charge in [0.1, 0.15) is 12.4 Å². The van der Waals surface area contributed by atoms with Crippen molar-refractivity contribution in [1.29, 1.82) is 0 Å². The van der Waals surface area contributed by atoms with E-state index in [4.69, 9.17) is 4.74 Å². The molecule has 1 aliphatic rings. The second kappa shape index (κ2) is 6.65. The number of hydrogen-bond donors (Lipinski definition) is 0. The summed E-state index contributed by atoms with van der Waals surface area (Å²) in [7, 11) is 5.86. The number of benzene rings is 1. The molecule has 1 amide bonds. The quantitative estimate of drug-likeness (QED) is 0.860. The molecule has 0 N–H and O–H groups in total. The predicted octanol–water partition coefficient (Wildman–Crippen LogP) is 1.69. The maximum Gasteiger partial charge on any atom is 0.258 e. The highest BCUT2D eigenvalue weighted by Gasteiger charge is 2.31. The van der Waals surface area contributed by atoms with E-state index >= 15 is 0 Å². The Morgan fingerprint density at radius 2 is 2.12 bits per heavy atom. The van der Waals surface area contributed by atoms with Crippen molar-refractivity contribution in [2.24, 2.45) is 7.05 Å². The van der Waals surface area contributed by atoms with E-state index in [1.165, 1.54) is 0 Å². The summed E-state index contributed by atoms with van der Waals surface area (Å²) >= 11 is 0. The predicted molar refractivity (Wildman–Crippen MR) is 92.1 cm³/mol. The van der Waals surface area contributed by atoms with Crippen molar-refractivity contribution in [3.05, 3.63) is 47.3 Å². The number of ether oxygens (including phenoxy) is 1. The number of hydrogen-bond acceptors (Lipinski definition) is 4. The van der Waals surface area contributed by atoms with Crippen molar-refractivity contribution < 1.29 is 9.53 Å². The Hall–Kier alpha value is -2.34. The third-order valence-electron chi connectivity index (χ3n) is 4.27. The van der Waals surface area contributed by atoms with E-state index in [9.17, 15) is 4.79 Å². The lowest BCUT2D eigenvalue weighted by molar-refractivity contribution is 0.0582. The van der Waals surface area contributed by atoms with Gasteiger partial charge in [0.05, 0.1) is 23.8 Å². The van der Waals surface area contributed by atoms with Crippen LogP contribution < -0.4 is 4.74 Å². The molecular weight excluding hydrogens is 304 g/mol. The van der Waals surface area contributed by atoms with Gasteiger partial charge in [-0.3, -0.25) is 9.48 Å². The zero-order valence-corrected chi connectivity index (χ0v) is 14.7. The molecule has 2 heterocycles. The number of para-hydroxylation sites is 1. The molecule has 6 nitrogen and oxygen atoms in total. The first-order valence-electron chi connectivity index (χ1n) is 8.12. The van der Waals surface area contributed by atoms with Crippen molar-refractivity contribution in [1.82, 2.24) is 19.6 Å². The van der Waals surface area contributed by atoms with Crippen LogP contribution in [0.15, 0.2) is 30.5 Å². The maximum absolute atomic E-state index is 13.2. The minimum Gasteiger partial charge on any atom is -0.491 e. The number of carbonyl (C=O) groups excluding carboxylic acids is 1. The van der Waals surface area contributed by atoms with Gasteiger partial charge < -0.3 is 14.5 Å². The van der Waals surface area contributed by atoms with Gasteiger partial charge in [-0.1, -0.05) is 18.2 Å². The average molecular weight is 328 g/mol. The highest BCUT2D eigenvalue weighted by Crippen LogP contribution is 2.26. The van der Waals surface area contributed by atoms with Crippen LogP contribution in [0.1, 0.15) is 21.6 Å². The molecule has 0 spiro atoms. The molecule has 1 atom stereocenters. The van der Waals surface area contributed by atoms with Gasteiger partial charge in [0, 0.05) is 25.4 Å². The van der Waals surface area contributed by atoms with E-state index in [1.54, 1.807) is 10.9 Å². The zero-order valence-electron chi connectivity index (χ0n) is 14.7. The van der Waals surface area contributed by atoms with Gasteiger partial charge in [0.2, 0.25) is 0 Å². The van der Waals surface area contributed by atoms with Crippen LogP contribution in [0.5, 0.6) is 5.75 Å². The van der Waals surface area contributed by atoms with Gasteiger partial charge in [-0.15, -0.1) is 0 Å². The second-order valence-corrected chi connectivity index (χ2v) is 6.57. The van der Waals surface area contributed by atoms with Crippen LogP contribution in [0.2, 0.25) is 0 Å². The SMILES string of the molecule is Cc1nn(C)cc1C(=O)N1Cc2ccccc2OC[C@@H]1CN(C)C.